The first kappa shape index (κ1) is 4.28. The number of nitrogens with zero attached hydrogens (tertiary/aromatic N) is 2. The van der Waals surface area contributed by atoms with Crippen LogP contribution in [0.2, 0.25) is 0 Å². The molecule has 1 saturated heterocycles. The summed E-state index contributed by atoms with van der Waals surface area (Å²) < 4.78 is 67.8. The summed E-state index contributed by atoms with van der Waals surface area (Å²) in [7, 11) is 0. The summed E-state index contributed by atoms with van der Waals surface area (Å²) in [6.45, 7) is -4.03. The molecule has 0 spiro atoms. The molecular weight excluding hydrogens is 192 g/mol. The number of cyclic esters (lactones) is 1. The van der Waals surface area contributed by atoms with E-state index < -0.39 is 43.4 Å². The van der Waals surface area contributed by atoms with Crippen molar-refractivity contribution in [2.24, 2.45) is 18.8 Å². The molecule has 15 heavy (non-hydrogen) atoms. The lowest BCUT2D eigenvalue weighted by molar-refractivity contribution is -0.141. The van der Waals surface area contributed by atoms with Crippen molar-refractivity contribution < 1.29 is 20.5 Å². The lowest BCUT2D eigenvalue weighted by Crippen LogP contribution is -2.18. The van der Waals surface area contributed by atoms with Gasteiger partial charge in [-0.1, -0.05) is 6.92 Å². The molecule has 82 valence electrons. The number of carbonyl (C=O) groups excluding carboxylic acids is 1. The lowest BCUT2D eigenvalue weighted by Gasteiger charge is -2.12. The van der Waals surface area contributed by atoms with Crippen LogP contribution in [0.15, 0.2) is 12.5 Å². The van der Waals surface area contributed by atoms with Crippen LogP contribution in [-0.4, -0.2) is 22.1 Å². The van der Waals surface area contributed by atoms with Gasteiger partial charge in [0.2, 0.25) is 0 Å². The van der Waals surface area contributed by atoms with Gasteiger partial charge >= 0.3 is 5.97 Å². The molecule has 1 fully saturated rings. The fraction of sp³-hybridized carbons (Fsp3) is 0.636. The van der Waals surface area contributed by atoms with Crippen molar-refractivity contribution in [2.45, 2.75) is 19.7 Å². The van der Waals surface area contributed by atoms with Crippen molar-refractivity contribution in [1.82, 2.24) is 9.55 Å². The molecule has 1 aromatic heterocycles. The van der Waals surface area contributed by atoms with E-state index >= 15 is 0 Å². The van der Waals surface area contributed by atoms with Crippen LogP contribution in [0, 0.1) is 11.8 Å². The Morgan fingerprint density at radius 3 is 3.60 bits per heavy atom. The van der Waals surface area contributed by atoms with E-state index in [1.54, 1.807) is 0 Å². The molecule has 0 amide bonds. The molecule has 4 heteroatoms. The first-order valence-corrected chi connectivity index (χ1v) is 4.55. The molecule has 0 unspecified atom stereocenters. The van der Waals surface area contributed by atoms with Crippen LogP contribution in [0.5, 0.6) is 0 Å². The summed E-state index contributed by atoms with van der Waals surface area (Å²) in [6.07, 6.45) is -0.984. The van der Waals surface area contributed by atoms with Crippen LogP contribution in [-0.2, 0) is 22.9 Å². The van der Waals surface area contributed by atoms with Gasteiger partial charge < -0.3 is 9.30 Å². The standard InChI is InChI=1S/C11H16N2O2/c1-3-10-8(6-15-11(10)14)4-9-5-12-7-13(9)2/h5,7-8,10H,3-4,6H2,1-2H3/t8-,10-/m0/s1/i2D3,4D2,6D2,10D. The predicted octanol–water partition coefficient (Wildman–Crippen LogP) is 1.16. The van der Waals surface area contributed by atoms with Crippen LogP contribution in [0.1, 0.15) is 30.0 Å². The summed E-state index contributed by atoms with van der Waals surface area (Å²) in [6, 6.07) is 0. The van der Waals surface area contributed by atoms with E-state index in [2.05, 4.69) is 9.72 Å². The number of hydrogen-bond donors (Lipinski definition) is 0. The highest BCUT2D eigenvalue weighted by atomic mass is 16.5. The number of carbonyl (C=O) groups is 1. The quantitative estimate of drug-likeness (QED) is 0.712. The highest BCUT2D eigenvalue weighted by Crippen LogP contribution is 2.27. The molecule has 2 rings (SSSR count). The Kier molecular flexibility index (Phi) is 1.15. The minimum Gasteiger partial charge on any atom is -0.465 e. The van der Waals surface area contributed by atoms with Crippen molar-refractivity contribution in [3.63, 3.8) is 0 Å². The smallest absolute Gasteiger partial charge is 0.309 e. The van der Waals surface area contributed by atoms with Gasteiger partial charge in [0.05, 0.1) is 21.5 Å². The second-order valence-electron chi connectivity index (χ2n) is 3.11. The molecule has 0 aromatic carbocycles. The third kappa shape index (κ3) is 1.89. The third-order valence-corrected chi connectivity index (χ3v) is 2.19. The first-order chi connectivity index (χ1) is 10.3. The topological polar surface area (TPSA) is 44.1 Å². The van der Waals surface area contributed by atoms with Gasteiger partial charge in [-0.15, -0.1) is 0 Å². The van der Waals surface area contributed by atoms with Gasteiger partial charge in [0, 0.05) is 33.0 Å². The zero-order valence-corrected chi connectivity index (χ0v) is 8.15. The fourth-order valence-corrected chi connectivity index (χ4v) is 1.38. The lowest BCUT2D eigenvalue weighted by atomic mass is 9.89. The number of hydrogen-bond acceptors (Lipinski definition) is 3. The Morgan fingerprint density at radius 1 is 2.00 bits per heavy atom. The summed E-state index contributed by atoms with van der Waals surface area (Å²) >= 11 is 0. The number of aromatic nitrogens is 2. The van der Waals surface area contributed by atoms with Crippen molar-refractivity contribution >= 4 is 5.97 Å². The van der Waals surface area contributed by atoms with Gasteiger partial charge in [-0.25, -0.2) is 4.98 Å². The van der Waals surface area contributed by atoms with Crippen molar-refractivity contribution in [1.29, 1.82) is 0 Å². The normalized spacial score (nSPS) is 43.5. The van der Waals surface area contributed by atoms with E-state index in [1.165, 1.54) is 6.92 Å². The van der Waals surface area contributed by atoms with Crippen LogP contribution >= 0.6 is 0 Å². The maximum Gasteiger partial charge on any atom is 0.309 e. The zero-order valence-electron chi connectivity index (χ0n) is 16.2. The fourth-order valence-electron chi connectivity index (χ4n) is 1.38. The van der Waals surface area contributed by atoms with Crippen molar-refractivity contribution in [3.8, 4) is 0 Å². The van der Waals surface area contributed by atoms with Crippen LogP contribution in [0.25, 0.3) is 0 Å². The molecule has 0 saturated carbocycles. The highest BCUT2D eigenvalue weighted by Gasteiger charge is 2.35. The SMILES string of the molecule is [2H]C1([2H])OC(=O)[C@@]([2H])(CC)[C@H]1C([2H])([2H])c1cncn1C([2H])([2H])[2H]. The number of imidazole rings is 1. The summed E-state index contributed by atoms with van der Waals surface area (Å²) in [4.78, 5) is 15.5. The van der Waals surface area contributed by atoms with Crippen LogP contribution in [0.3, 0.4) is 0 Å². The van der Waals surface area contributed by atoms with Gasteiger partial charge in [-0.2, -0.15) is 0 Å². The minimum atomic E-state index is -2.75. The summed E-state index contributed by atoms with van der Waals surface area (Å²) in [5, 5.41) is 0. The van der Waals surface area contributed by atoms with E-state index in [-0.39, 0.29) is 6.42 Å². The average Bonchev–Trinajstić information content (AvgIpc) is 2.92. The molecule has 4 nitrogen and oxygen atoms in total. The maximum absolute atomic E-state index is 11.9. The van der Waals surface area contributed by atoms with E-state index in [4.69, 9.17) is 11.0 Å². The van der Waals surface area contributed by atoms with Gasteiger partial charge in [0.25, 0.3) is 0 Å². The Bertz CT molecular complexity index is 626. The third-order valence-electron chi connectivity index (χ3n) is 2.19. The van der Waals surface area contributed by atoms with Gasteiger partial charge in [-0.3, -0.25) is 4.79 Å². The average molecular weight is 216 g/mol. The number of esters is 1. The van der Waals surface area contributed by atoms with E-state index in [9.17, 15) is 4.79 Å². The van der Waals surface area contributed by atoms with Crippen molar-refractivity contribution in [3.05, 3.63) is 18.2 Å². The monoisotopic (exact) mass is 216 g/mol. The van der Waals surface area contributed by atoms with E-state index in [0.717, 1.165) is 12.5 Å². The number of rotatable bonds is 3. The van der Waals surface area contributed by atoms with Gasteiger partial charge in [0.15, 0.2) is 0 Å². The first-order valence-electron chi connectivity index (χ1n) is 8.55. The summed E-state index contributed by atoms with van der Waals surface area (Å²) in [5.74, 6) is -5.19. The van der Waals surface area contributed by atoms with Gasteiger partial charge in [0.1, 0.15) is 0 Å². The molecule has 2 heterocycles. The van der Waals surface area contributed by atoms with E-state index in [1.807, 2.05) is 0 Å². The Hall–Kier alpha value is -1.32. The second kappa shape index (κ2) is 4.04. The highest BCUT2D eigenvalue weighted by molar-refractivity contribution is 5.74. The second-order valence-corrected chi connectivity index (χ2v) is 3.11. The maximum atomic E-state index is 11.9. The molecule has 1 aliphatic rings. The number of aryl methyl sites for hydroxylation is 1. The molecule has 1 aromatic rings. The van der Waals surface area contributed by atoms with Crippen molar-refractivity contribution in [2.75, 3.05) is 6.56 Å². The minimum absolute atomic E-state index is 0.183. The van der Waals surface area contributed by atoms with Crippen LogP contribution in [0.4, 0.5) is 0 Å². The largest absolute Gasteiger partial charge is 0.465 e. The molecular formula is C11H16N2O2. The zero-order chi connectivity index (χ0) is 17.8. The number of ether oxygens (including phenoxy) is 1. The van der Waals surface area contributed by atoms with E-state index in [0.29, 0.717) is 4.57 Å². The van der Waals surface area contributed by atoms with Gasteiger partial charge in [-0.05, 0) is 12.8 Å². The Balaban J connectivity index is 2.63. The molecule has 2 atom stereocenters. The molecule has 0 aliphatic carbocycles. The molecule has 0 radical (unpaired) electrons. The molecule has 1 aliphatic heterocycles. The predicted molar refractivity (Wildman–Crippen MR) is 55.1 cm³/mol. The van der Waals surface area contributed by atoms with Crippen LogP contribution < -0.4 is 0 Å². The Labute approximate surface area is 100 Å². The Morgan fingerprint density at radius 2 is 2.87 bits per heavy atom. The molecule has 0 N–H and O–H groups in total. The summed E-state index contributed by atoms with van der Waals surface area (Å²) in [5.41, 5.74) is -0.435. The molecule has 0 bridgehead atoms.